The molecular weight excluding hydrogens is 386 g/mol. The molecule has 0 saturated carbocycles. The summed E-state index contributed by atoms with van der Waals surface area (Å²) < 4.78 is 0. The lowest BCUT2D eigenvalue weighted by atomic mass is 10.1. The molecule has 2 aromatic rings. The fourth-order valence-electron chi connectivity index (χ4n) is 3.61. The van der Waals surface area contributed by atoms with Crippen LogP contribution in [0.3, 0.4) is 0 Å². The molecule has 2 aromatic carbocycles. The number of nitrogens with zero attached hydrogens (tertiary/aromatic N) is 2. The van der Waals surface area contributed by atoms with E-state index in [4.69, 9.17) is 5.73 Å². The molecule has 6 heteroatoms. The van der Waals surface area contributed by atoms with Gasteiger partial charge in [0.15, 0.2) is 0 Å². The van der Waals surface area contributed by atoms with E-state index in [0.717, 1.165) is 24.1 Å². The number of piperazine rings is 1. The summed E-state index contributed by atoms with van der Waals surface area (Å²) in [5.41, 5.74) is 8.97. The number of nitrogens with two attached hydrogens (primary N) is 1. The van der Waals surface area contributed by atoms with Crippen molar-refractivity contribution in [3.63, 3.8) is 0 Å². The maximum atomic E-state index is 12.5. The number of para-hydroxylation sites is 1. The van der Waals surface area contributed by atoms with Gasteiger partial charge < -0.3 is 15.5 Å². The summed E-state index contributed by atoms with van der Waals surface area (Å²) in [6.45, 7) is 2.49. The van der Waals surface area contributed by atoms with E-state index < -0.39 is 0 Å². The number of carbonyl (C=O) groups excluding carboxylic acids is 2. The van der Waals surface area contributed by atoms with Gasteiger partial charge in [-0.1, -0.05) is 48.5 Å². The lowest BCUT2D eigenvalue weighted by molar-refractivity contribution is -0.139. The van der Waals surface area contributed by atoms with Gasteiger partial charge in [0.1, 0.15) is 0 Å². The molecule has 1 aliphatic heterocycles. The van der Waals surface area contributed by atoms with Crippen LogP contribution in [0.15, 0.2) is 54.6 Å². The fourth-order valence-corrected chi connectivity index (χ4v) is 3.61. The van der Waals surface area contributed by atoms with E-state index in [0.29, 0.717) is 45.4 Å². The average Bonchev–Trinajstić information content (AvgIpc) is 2.74. The lowest BCUT2D eigenvalue weighted by Crippen LogP contribution is -2.50. The van der Waals surface area contributed by atoms with Crippen LogP contribution in [-0.2, 0) is 22.4 Å². The standard InChI is InChI=1S/C23H29N3O2.ClH/c24-21-11-5-4-10-20(21)13-14-23(28)26-17-15-25(16-18-26)22(27)12-6-9-19-7-2-1-3-8-19;/h1-5,7-8,10-11H,6,9,12-18,24H2;1H. The average molecular weight is 416 g/mol. The van der Waals surface area contributed by atoms with Crippen LogP contribution in [0, 0.1) is 0 Å². The molecule has 156 valence electrons. The van der Waals surface area contributed by atoms with Crippen molar-refractivity contribution in [1.29, 1.82) is 0 Å². The van der Waals surface area contributed by atoms with E-state index in [9.17, 15) is 9.59 Å². The second-order valence-corrected chi connectivity index (χ2v) is 7.30. The van der Waals surface area contributed by atoms with Crippen molar-refractivity contribution >= 4 is 29.9 Å². The number of rotatable bonds is 7. The van der Waals surface area contributed by atoms with Crippen LogP contribution in [0.5, 0.6) is 0 Å². The molecule has 5 nitrogen and oxygen atoms in total. The summed E-state index contributed by atoms with van der Waals surface area (Å²) in [7, 11) is 0. The van der Waals surface area contributed by atoms with E-state index >= 15 is 0 Å². The molecule has 2 amide bonds. The highest BCUT2D eigenvalue weighted by Gasteiger charge is 2.23. The van der Waals surface area contributed by atoms with Crippen LogP contribution >= 0.6 is 12.4 Å². The van der Waals surface area contributed by atoms with Crippen LogP contribution in [0.1, 0.15) is 30.4 Å². The van der Waals surface area contributed by atoms with Gasteiger partial charge in [0.25, 0.3) is 0 Å². The van der Waals surface area contributed by atoms with Crippen LogP contribution in [0.2, 0.25) is 0 Å². The van der Waals surface area contributed by atoms with Crippen LogP contribution in [-0.4, -0.2) is 47.8 Å². The number of hydrogen-bond acceptors (Lipinski definition) is 3. The SMILES string of the molecule is Cl.Nc1ccccc1CCC(=O)N1CCN(C(=O)CCCc2ccccc2)CC1. The Morgan fingerprint density at radius 3 is 1.93 bits per heavy atom. The first-order valence-electron chi connectivity index (χ1n) is 10.1. The van der Waals surface area contributed by atoms with E-state index in [1.807, 2.05) is 52.3 Å². The zero-order chi connectivity index (χ0) is 19.8. The third kappa shape index (κ3) is 6.79. The van der Waals surface area contributed by atoms with Gasteiger partial charge in [0.2, 0.25) is 11.8 Å². The topological polar surface area (TPSA) is 66.6 Å². The largest absolute Gasteiger partial charge is 0.399 e. The van der Waals surface area contributed by atoms with Gasteiger partial charge in [-0.15, -0.1) is 12.4 Å². The van der Waals surface area contributed by atoms with Gasteiger partial charge in [-0.05, 0) is 36.5 Å². The first-order chi connectivity index (χ1) is 13.6. The summed E-state index contributed by atoms with van der Waals surface area (Å²) in [4.78, 5) is 28.7. The number of benzene rings is 2. The Morgan fingerprint density at radius 1 is 0.759 bits per heavy atom. The molecule has 0 unspecified atom stereocenters. The van der Waals surface area contributed by atoms with Gasteiger partial charge in [-0.25, -0.2) is 0 Å². The third-order valence-corrected chi connectivity index (χ3v) is 5.35. The lowest BCUT2D eigenvalue weighted by Gasteiger charge is -2.35. The normalized spacial score (nSPS) is 13.7. The Morgan fingerprint density at radius 2 is 1.31 bits per heavy atom. The quantitative estimate of drug-likeness (QED) is 0.705. The van der Waals surface area contributed by atoms with Crippen molar-refractivity contribution in [3.8, 4) is 0 Å². The maximum absolute atomic E-state index is 12.5. The monoisotopic (exact) mass is 415 g/mol. The molecule has 1 fully saturated rings. The van der Waals surface area contributed by atoms with Crippen molar-refractivity contribution in [1.82, 2.24) is 9.80 Å². The van der Waals surface area contributed by atoms with Crippen molar-refractivity contribution in [3.05, 3.63) is 65.7 Å². The molecule has 0 atom stereocenters. The Kier molecular flexibility index (Phi) is 9.00. The fraction of sp³-hybridized carbons (Fsp3) is 0.391. The van der Waals surface area contributed by atoms with Crippen molar-refractivity contribution in [2.45, 2.75) is 32.1 Å². The van der Waals surface area contributed by atoms with E-state index in [2.05, 4.69) is 12.1 Å². The van der Waals surface area contributed by atoms with Crippen molar-refractivity contribution in [2.24, 2.45) is 0 Å². The first kappa shape index (κ1) is 22.8. The highest BCUT2D eigenvalue weighted by molar-refractivity contribution is 5.85. The van der Waals surface area contributed by atoms with E-state index in [1.54, 1.807) is 0 Å². The molecule has 0 aromatic heterocycles. The second-order valence-electron chi connectivity index (χ2n) is 7.30. The zero-order valence-electron chi connectivity index (χ0n) is 16.8. The van der Waals surface area contributed by atoms with Crippen LogP contribution < -0.4 is 5.73 Å². The van der Waals surface area contributed by atoms with Gasteiger partial charge in [-0.2, -0.15) is 0 Å². The Bertz CT molecular complexity index is 790. The number of nitrogen functional groups attached to an aromatic ring is 1. The smallest absolute Gasteiger partial charge is 0.223 e. The number of amides is 2. The Hall–Kier alpha value is -2.53. The summed E-state index contributed by atoms with van der Waals surface area (Å²) in [6, 6.07) is 17.9. The molecular formula is C23H30ClN3O2. The number of halogens is 1. The van der Waals surface area contributed by atoms with E-state index in [-0.39, 0.29) is 24.2 Å². The van der Waals surface area contributed by atoms with Gasteiger partial charge in [0, 0.05) is 44.7 Å². The first-order valence-corrected chi connectivity index (χ1v) is 10.1. The summed E-state index contributed by atoms with van der Waals surface area (Å²) in [6.07, 6.45) is 3.47. The predicted molar refractivity (Wildman–Crippen MR) is 119 cm³/mol. The maximum Gasteiger partial charge on any atom is 0.223 e. The minimum absolute atomic E-state index is 0. The summed E-state index contributed by atoms with van der Waals surface area (Å²) >= 11 is 0. The third-order valence-electron chi connectivity index (χ3n) is 5.35. The molecule has 1 saturated heterocycles. The molecule has 0 bridgehead atoms. The predicted octanol–water partition coefficient (Wildman–Crippen LogP) is 3.32. The Balaban J connectivity index is 0.00000300. The van der Waals surface area contributed by atoms with Gasteiger partial charge in [-0.3, -0.25) is 9.59 Å². The molecule has 0 spiro atoms. The van der Waals surface area contributed by atoms with Gasteiger partial charge in [0.05, 0.1) is 0 Å². The molecule has 2 N–H and O–H groups in total. The highest BCUT2D eigenvalue weighted by Crippen LogP contribution is 2.14. The molecule has 0 aliphatic carbocycles. The number of aryl methyl sites for hydroxylation is 2. The second kappa shape index (κ2) is 11.5. The number of hydrogen-bond donors (Lipinski definition) is 1. The molecule has 0 radical (unpaired) electrons. The molecule has 1 heterocycles. The van der Waals surface area contributed by atoms with Gasteiger partial charge >= 0.3 is 0 Å². The summed E-state index contributed by atoms with van der Waals surface area (Å²) in [5, 5.41) is 0. The number of anilines is 1. The summed E-state index contributed by atoms with van der Waals surface area (Å²) in [5.74, 6) is 0.333. The van der Waals surface area contributed by atoms with Crippen LogP contribution in [0.25, 0.3) is 0 Å². The van der Waals surface area contributed by atoms with Crippen molar-refractivity contribution in [2.75, 3.05) is 31.9 Å². The number of carbonyl (C=O) groups is 2. The van der Waals surface area contributed by atoms with Crippen molar-refractivity contribution < 1.29 is 9.59 Å². The Labute approximate surface area is 179 Å². The van der Waals surface area contributed by atoms with Crippen LogP contribution in [0.4, 0.5) is 5.69 Å². The zero-order valence-corrected chi connectivity index (χ0v) is 17.6. The minimum Gasteiger partial charge on any atom is -0.399 e. The van der Waals surface area contributed by atoms with E-state index in [1.165, 1.54) is 5.56 Å². The molecule has 3 rings (SSSR count). The molecule has 1 aliphatic rings. The highest BCUT2D eigenvalue weighted by atomic mass is 35.5. The minimum atomic E-state index is 0. The molecule has 29 heavy (non-hydrogen) atoms.